The van der Waals surface area contributed by atoms with Crippen molar-refractivity contribution >= 4 is 23.2 Å². The van der Waals surface area contributed by atoms with Crippen molar-refractivity contribution in [3.8, 4) is 16.2 Å². The fraction of sp³-hybridized carbons (Fsp3) is 0.333. The zero-order valence-corrected chi connectivity index (χ0v) is 14.0. The average Bonchev–Trinajstić information content (AvgIpc) is 3.28. The minimum absolute atomic E-state index is 0.235. The third-order valence-electron chi connectivity index (χ3n) is 4.10. The molecule has 5 nitrogen and oxygen atoms in total. The van der Waals surface area contributed by atoms with E-state index < -0.39 is 12.1 Å². The Bertz CT molecular complexity index is 809. The maximum atomic E-state index is 12.4. The van der Waals surface area contributed by atoms with E-state index >= 15 is 0 Å². The molecule has 0 saturated heterocycles. The highest BCUT2D eigenvalue weighted by Gasteiger charge is 2.28. The van der Waals surface area contributed by atoms with Crippen molar-refractivity contribution in [1.29, 1.82) is 0 Å². The molecule has 124 valence electrons. The summed E-state index contributed by atoms with van der Waals surface area (Å²) < 4.78 is 11.0. The van der Waals surface area contributed by atoms with Gasteiger partial charge in [-0.15, -0.1) is 11.3 Å². The van der Waals surface area contributed by atoms with Crippen LogP contribution in [0.4, 0.5) is 0 Å². The fourth-order valence-corrected chi connectivity index (χ4v) is 3.70. The quantitative estimate of drug-likeness (QED) is 0.866. The second-order valence-corrected chi connectivity index (χ2v) is 7.13. The number of hydrogen-bond acceptors (Lipinski definition) is 5. The first-order chi connectivity index (χ1) is 11.6. The van der Waals surface area contributed by atoms with Crippen LogP contribution in [0.2, 0.25) is 0 Å². The molecule has 1 aromatic carbocycles. The van der Waals surface area contributed by atoms with Crippen molar-refractivity contribution < 1.29 is 19.1 Å². The summed E-state index contributed by atoms with van der Waals surface area (Å²) in [4.78, 5) is 25.8. The molecule has 0 spiro atoms. The van der Waals surface area contributed by atoms with Crippen LogP contribution in [0.5, 0.6) is 5.75 Å². The Morgan fingerprint density at radius 2 is 2.12 bits per heavy atom. The van der Waals surface area contributed by atoms with Gasteiger partial charge in [0.15, 0.2) is 6.10 Å². The Morgan fingerprint density at radius 1 is 1.33 bits per heavy atom. The Kier molecular flexibility index (Phi) is 3.76. The molecule has 1 amide bonds. The lowest BCUT2D eigenvalue weighted by Gasteiger charge is -2.16. The maximum Gasteiger partial charge on any atom is 0.349 e. The van der Waals surface area contributed by atoms with Crippen LogP contribution in [0.15, 0.2) is 30.3 Å². The van der Waals surface area contributed by atoms with Crippen molar-refractivity contribution in [2.24, 2.45) is 0 Å². The SMILES string of the molecule is CC(OC(=O)c1cc2c(s1)-c1ccccc1OC2)C(=O)NC1CC1. The molecule has 2 aliphatic rings. The van der Waals surface area contributed by atoms with Gasteiger partial charge in [0, 0.05) is 22.0 Å². The van der Waals surface area contributed by atoms with Crippen LogP contribution in [0.1, 0.15) is 35.0 Å². The highest BCUT2D eigenvalue weighted by atomic mass is 32.1. The molecule has 1 saturated carbocycles. The number of hydrogen-bond donors (Lipinski definition) is 1. The number of carbonyl (C=O) groups is 2. The third-order valence-corrected chi connectivity index (χ3v) is 5.29. The number of amides is 1. The topological polar surface area (TPSA) is 64.6 Å². The second-order valence-electron chi connectivity index (χ2n) is 6.08. The molecule has 1 fully saturated rings. The van der Waals surface area contributed by atoms with Crippen LogP contribution in [0.25, 0.3) is 10.4 Å². The normalized spacial score (nSPS) is 16.4. The smallest absolute Gasteiger partial charge is 0.349 e. The summed E-state index contributed by atoms with van der Waals surface area (Å²) in [6.45, 7) is 2.04. The van der Waals surface area contributed by atoms with Crippen molar-refractivity contribution in [3.63, 3.8) is 0 Å². The number of rotatable bonds is 4. The molecule has 1 atom stereocenters. The van der Waals surface area contributed by atoms with Gasteiger partial charge >= 0.3 is 5.97 Å². The van der Waals surface area contributed by atoms with Gasteiger partial charge < -0.3 is 14.8 Å². The van der Waals surface area contributed by atoms with Gasteiger partial charge in [0.1, 0.15) is 17.2 Å². The standard InChI is InChI=1S/C18H17NO4S/c1-10(17(20)19-12-6-7-12)23-18(21)15-8-11-9-22-14-5-3-2-4-13(14)16(11)24-15/h2-5,8,10,12H,6-7,9H2,1H3,(H,19,20). The van der Waals surface area contributed by atoms with Gasteiger partial charge in [-0.2, -0.15) is 0 Å². The zero-order valence-electron chi connectivity index (χ0n) is 13.2. The first-order valence-electron chi connectivity index (χ1n) is 7.98. The van der Waals surface area contributed by atoms with E-state index in [1.807, 2.05) is 24.3 Å². The average molecular weight is 343 g/mol. The van der Waals surface area contributed by atoms with E-state index in [4.69, 9.17) is 9.47 Å². The maximum absolute atomic E-state index is 12.4. The molecule has 1 unspecified atom stereocenters. The van der Waals surface area contributed by atoms with Gasteiger partial charge in [0.05, 0.1) is 0 Å². The monoisotopic (exact) mass is 343 g/mol. The summed E-state index contributed by atoms with van der Waals surface area (Å²) in [5.74, 6) is 0.120. The molecule has 4 rings (SSSR count). The summed E-state index contributed by atoms with van der Waals surface area (Å²) in [6, 6.07) is 9.81. The Hall–Kier alpha value is -2.34. The molecule has 1 aliphatic carbocycles. The summed E-state index contributed by atoms with van der Waals surface area (Å²) in [5.41, 5.74) is 1.96. The minimum Gasteiger partial charge on any atom is -0.488 e. The highest BCUT2D eigenvalue weighted by molar-refractivity contribution is 7.17. The van der Waals surface area contributed by atoms with Crippen LogP contribution < -0.4 is 10.1 Å². The van der Waals surface area contributed by atoms with E-state index in [9.17, 15) is 9.59 Å². The lowest BCUT2D eigenvalue weighted by molar-refractivity contribution is -0.129. The van der Waals surface area contributed by atoms with Crippen molar-refractivity contribution in [1.82, 2.24) is 5.32 Å². The molecular formula is C18H17NO4S. The summed E-state index contributed by atoms with van der Waals surface area (Å²) in [7, 11) is 0. The Morgan fingerprint density at radius 3 is 2.92 bits per heavy atom. The van der Waals surface area contributed by atoms with Crippen molar-refractivity contribution in [2.75, 3.05) is 0 Å². The van der Waals surface area contributed by atoms with Gasteiger partial charge in [0.25, 0.3) is 5.91 Å². The van der Waals surface area contributed by atoms with Crippen LogP contribution >= 0.6 is 11.3 Å². The number of thiophene rings is 1. The van der Waals surface area contributed by atoms with E-state index in [2.05, 4.69) is 5.32 Å². The van der Waals surface area contributed by atoms with Crippen LogP contribution in [-0.2, 0) is 16.1 Å². The number of fused-ring (bicyclic) bond motifs is 3. The van der Waals surface area contributed by atoms with Gasteiger partial charge in [-0.3, -0.25) is 4.79 Å². The van der Waals surface area contributed by atoms with Crippen LogP contribution in [-0.4, -0.2) is 24.0 Å². The van der Waals surface area contributed by atoms with Gasteiger partial charge in [-0.25, -0.2) is 4.79 Å². The molecule has 6 heteroatoms. The number of para-hydroxylation sites is 1. The minimum atomic E-state index is -0.791. The molecular weight excluding hydrogens is 326 g/mol. The first-order valence-corrected chi connectivity index (χ1v) is 8.80. The summed E-state index contributed by atoms with van der Waals surface area (Å²) in [6.07, 6.45) is 1.22. The lowest BCUT2D eigenvalue weighted by Crippen LogP contribution is -2.36. The number of nitrogens with one attached hydrogen (secondary N) is 1. The molecule has 1 N–H and O–H groups in total. The predicted molar refractivity (Wildman–Crippen MR) is 90.1 cm³/mol. The third kappa shape index (κ3) is 2.89. The van der Waals surface area contributed by atoms with Gasteiger partial charge in [-0.1, -0.05) is 12.1 Å². The fourth-order valence-electron chi connectivity index (χ4n) is 2.62. The van der Waals surface area contributed by atoms with E-state index in [1.54, 1.807) is 13.0 Å². The van der Waals surface area contributed by atoms with Gasteiger partial charge in [-0.05, 0) is 38.0 Å². The molecule has 2 aromatic rings. The first kappa shape index (κ1) is 15.2. The number of esters is 1. The Labute approximate surface area is 143 Å². The molecule has 0 radical (unpaired) electrons. The van der Waals surface area contributed by atoms with E-state index in [-0.39, 0.29) is 11.9 Å². The second kappa shape index (κ2) is 5.94. The summed E-state index contributed by atoms with van der Waals surface area (Å²) >= 11 is 1.38. The van der Waals surface area contributed by atoms with E-state index in [1.165, 1.54) is 11.3 Å². The molecule has 1 aliphatic heterocycles. The largest absolute Gasteiger partial charge is 0.488 e. The Balaban J connectivity index is 1.50. The molecule has 24 heavy (non-hydrogen) atoms. The molecule has 2 heterocycles. The number of ether oxygens (including phenoxy) is 2. The molecule has 0 bridgehead atoms. The number of carbonyl (C=O) groups excluding carboxylic acids is 2. The lowest BCUT2D eigenvalue weighted by atomic mass is 10.1. The van der Waals surface area contributed by atoms with Crippen LogP contribution in [0.3, 0.4) is 0 Å². The zero-order chi connectivity index (χ0) is 16.7. The van der Waals surface area contributed by atoms with Crippen LogP contribution in [0, 0.1) is 0 Å². The molecule has 1 aromatic heterocycles. The highest BCUT2D eigenvalue weighted by Crippen LogP contribution is 2.42. The number of benzene rings is 1. The van der Waals surface area contributed by atoms with E-state index in [0.717, 1.165) is 34.6 Å². The van der Waals surface area contributed by atoms with Gasteiger partial charge in [0.2, 0.25) is 0 Å². The van der Waals surface area contributed by atoms with Crippen molar-refractivity contribution in [2.45, 2.75) is 38.5 Å². The summed E-state index contributed by atoms with van der Waals surface area (Å²) in [5, 5.41) is 2.84. The predicted octanol–water partition coefficient (Wildman–Crippen LogP) is 3.13. The van der Waals surface area contributed by atoms with Crippen molar-refractivity contribution in [3.05, 3.63) is 40.8 Å². The van der Waals surface area contributed by atoms with E-state index in [0.29, 0.717) is 11.5 Å².